The Labute approximate surface area is 142 Å². The van der Waals surface area contributed by atoms with E-state index in [-0.39, 0.29) is 30.9 Å². The van der Waals surface area contributed by atoms with E-state index in [0.29, 0.717) is 11.8 Å². The second kappa shape index (κ2) is 8.66. The Kier molecular flexibility index (Phi) is 6.58. The molecule has 0 heterocycles. The van der Waals surface area contributed by atoms with Crippen LogP contribution in [0.25, 0.3) is 0 Å². The standard InChI is InChI=1S/C18H26FN3O2/c1-12-4-3-5-16(13(12)2)22-17(23)11-21-18(24)20-10-14-6-8-15(19)9-7-14/h6-9,12-13,16H,3-5,10-11H2,1-2H3,(H,22,23)(H2,20,21,24)/t12-,13+,16-/m1/s1. The molecule has 1 saturated carbocycles. The molecule has 0 bridgehead atoms. The molecule has 3 amide bonds. The number of hydrogen-bond acceptors (Lipinski definition) is 2. The summed E-state index contributed by atoms with van der Waals surface area (Å²) in [7, 11) is 0. The number of rotatable bonds is 5. The summed E-state index contributed by atoms with van der Waals surface area (Å²) in [6.07, 6.45) is 3.33. The highest BCUT2D eigenvalue weighted by Crippen LogP contribution is 2.29. The summed E-state index contributed by atoms with van der Waals surface area (Å²) in [5.41, 5.74) is 0.793. The quantitative estimate of drug-likeness (QED) is 0.774. The van der Waals surface area contributed by atoms with Gasteiger partial charge >= 0.3 is 6.03 Å². The van der Waals surface area contributed by atoms with Crippen LogP contribution in [-0.4, -0.2) is 24.5 Å². The van der Waals surface area contributed by atoms with Crippen molar-refractivity contribution in [2.75, 3.05) is 6.54 Å². The van der Waals surface area contributed by atoms with Crippen LogP contribution in [0.1, 0.15) is 38.7 Å². The minimum absolute atomic E-state index is 0.0488. The zero-order chi connectivity index (χ0) is 17.5. The number of urea groups is 1. The van der Waals surface area contributed by atoms with E-state index in [2.05, 4.69) is 29.8 Å². The number of benzene rings is 1. The summed E-state index contributed by atoms with van der Waals surface area (Å²) in [5.74, 6) is 0.579. The molecule has 0 saturated heterocycles. The molecule has 1 aliphatic rings. The lowest BCUT2D eigenvalue weighted by atomic mass is 9.78. The van der Waals surface area contributed by atoms with Gasteiger partial charge in [0.05, 0.1) is 6.54 Å². The van der Waals surface area contributed by atoms with E-state index in [9.17, 15) is 14.0 Å². The van der Waals surface area contributed by atoms with Crippen LogP contribution in [0.2, 0.25) is 0 Å². The van der Waals surface area contributed by atoms with Gasteiger partial charge in [-0.2, -0.15) is 0 Å². The molecule has 0 unspecified atom stereocenters. The van der Waals surface area contributed by atoms with Crippen molar-refractivity contribution in [3.05, 3.63) is 35.6 Å². The van der Waals surface area contributed by atoms with Crippen molar-refractivity contribution in [2.45, 2.75) is 45.7 Å². The number of nitrogens with one attached hydrogen (secondary N) is 3. The Morgan fingerprint density at radius 2 is 1.83 bits per heavy atom. The van der Waals surface area contributed by atoms with Crippen LogP contribution in [0.3, 0.4) is 0 Å². The number of amides is 3. The first-order chi connectivity index (χ1) is 11.5. The average Bonchev–Trinajstić information content (AvgIpc) is 2.56. The smallest absolute Gasteiger partial charge is 0.315 e. The fraction of sp³-hybridized carbons (Fsp3) is 0.556. The first-order valence-electron chi connectivity index (χ1n) is 8.51. The second-order valence-electron chi connectivity index (χ2n) is 6.60. The van der Waals surface area contributed by atoms with Gasteiger partial charge in [0.15, 0.2) is 0 Å². The third-order valence-corrected chi connectivity index (χ3v) is 4.83. The Bertz CT molecular complexity index is 562. The van der Waals surface area contributed by atoms with Crippen LogP contribution in [0, 0.1) is 17.7 Å². The summed E-state index contributed by atoms with van der Waals surface area (Å²) >= 11 is 0. The van der Waals surface area contributed by atoms with Gasteiger partial charge in [-0.1, -0.05) is 38.8 Å². The van der Waals surface area contributed by atoms with Gasteiger partial charge < -0.3 is 16.0 Å². The highest BCUT2D eigenvalue weighted by atomic mass is 19.1. The Hall–Kier alpha value is -2.11. The molecule has 1 aliphatic carbocycles. The normalized spacial score (nSPS) is 23.4. The number of halogens is 1. The molecule has 0 aromatic heterocycles. The zero-order valence-electron chi connectivity index (χ0n) is 14.3. The molecule has 132 valence electrons. The minimum atomic E-state index is -0.417. The molecule has 3 atom stereocenters. The highest BCUT2D eigenvalue weighted by molar-refractivity contribution is 5.84. The molecule has 5 nitrogen and oxygen atoms in total. The predicted molar refractivity (Wildman–Crippen MR) is 90.7 cm³/mol. The summed E-state index contributed by atoms with van der Waals surface area (Å²) in [6, 6.07) is 5.66. The maximum Gasteiger partial charge on any atom is 0.315 e. The fourth-order valence-corrected chi connectivity index (χ4v) is 3.05. The molecule has 24 heavy (non-hydrogen) atoms. The van der Waals surface area contributed by atoms with Crippen LogP contribution in [0.5, 0.6) is 0 Å². The van der Waals surface area contributed by atoms with E-state index in [0.717, 1.165) is 18.4 Å². The molecule has 0 aliphatic heterocycles. The molecule has 2 rings (SSSR count). The lowest BCUT2D eigenvalue weighted by molar-refractivity contribution is -0.121. The van der Waals surface area contributed by atoms with Crippen molar-refractivity contribution >= 4 is 11.9 Å². The Balaban J connectivity index is 1.67. The van der Waals surface area contributed by atoms with Gasteiger partial charge in [-0.15, -0.1) is 0 Å². The van der Waals surface area contributed by atoms with Crippen molar-refractivity contribution in [2.24, 2.45) is 11.8 Å². The van der Waals surface area contributed by atoms with Crippen molar-refractivity contribution in [1.82, 2.24) is 16.0 Å². The summed E-state index contributed by atoms with van der Waals surface area (Å²) in [4.78, 5) is 23.7. The lowest BCUT2D eigenvalue weighted by Crippen LogP contribution is -2.48. The molecule has 1 fully saturated rings. The van der Waals surface area contributed by atoms with E-state index in [1.54, 1.807) is 12.1 Å². The van der Waals surface area contributed by atoms with E-state index in [1.807, 2.05) is 0 Å². The first-order valence-corrected chi connectivity index (χ1v) is 8.51. The van der Waals surface area contributed by atoms with Crippen molar-refractivity contribution in [3.8, 4) is 0 Å². The fourth-order valence-electron chi connectivity index (χ4n) is 3.05. The maximum atomic E-state index is 12.8. The average molecular weight is 335 g/mol. The zero-order valence-corrected chi connectivity index (χ0v) is 14.3. The molecular formula is C18H26FN3O2. The molecule has 0 spiro atoms. The van der Waals surface area contributed by atoms with Gasteiger partial charge in [-0.25, -0.2) is 9.18 Å². The number of hydrogen-bond donors (Lipinski definition) is 3. The van der Waals surface area contributed by atoms with Gasteiger partial charge in [-0.05, 0) is 36.0 Å². The van der Waals surface area contributed by atoms with Crippen molar-refractivity contribution < 1.29 is 14.0 Å². The second-order valence-corrected chi connectivity index (χ2v) is 6.60. The van der Waals surface area contributed by atoms with Crippen LogP contribution in [0.15, 0.2) is 24.3 Å². The van der Waals surface area contributed by atoms with E-state index in [1.165, 1.54) is 18.6 Å². The summed E-state index contributed by atoms with van der Waals surface area (Å²) < 4.78 is 12.8. The van der Waals surface area contributed by atoms with Crippen LogP contribution in [0.4, 0.5) is 9.18 Å². The first kappa shape index (κ1) is 18.2. The third-order valence-electron chi connectivity index (χ3n) is 4.83. The molecule has 1 aromatic carbocycles. The van der Waals surface area contributed by atoms with Gasteiger partial charge in [0.2, 0.25) is 5.91 Å². The molecule has 0 radical (unpaired) electrons. The molecule has 3 N–H and O–H groups in total. The van der Waals surface area contributed by atoms with Crippen LogP contribution < -0.4 is 16.0 Å². The van der Waals surface area contributed by atoms with Crippen LogP contribution in [-0.2, 0) is 11.3 Å². The summed E-state index contributed by atoms with van der Waals surface area (Å²) in [6.45, 7) is 4.61. The van der Waals surface area contributed by atoms with Gasteiger partial charge in [0.25, 0.3) is 0 Å². The predicted octanol–water partition coefficient (Wildman–Crippen LogP) is 2.57. The Morgan fingerprint density at radius 3 is 2.54 bits per heavy atom. The summed E-state index contributed by atoms with van der Waals surface area (Å²) in [5, 5.41) is 8.20. The van der Waals surface area contributed by atoms with E-state index >= 15 is 0 Å². The van der Waals surface area contributed by atoms with E-state index < -0.39 is 6.03 Å². The Morgan fingerprint density at radius 1 is 1.12 bits per heavy atom. The number of carbonyl (C=O) groups is 2. The number of carbonyl (C=O) groups excluding carboxylic acids is 2. The SMILES string of the molecule is C[C@H]1[C@H](C)CCC[C@H]1NC(=O)CNC(=O)NCc1ccc(F)cc1. The molecule has 1 aromatic rings. The topological polar surface area (TPSA) is 70.2 Å². The minimum Gasteiger partial charge on any atom is -0.352 e. The lowest BCUT2D eigenvalue weighted by Gasteiger charge is -2.34. The van der Waals surface area contributed by atoms with Gasteiger partial charge in [0, 0.05) is 12.6 Å². The molecular weight excluding hydrogens is 309 g/mol. The van der Waals surface area contributed by atoms with Crippen molar-refractivity contribution in [1.29, 1.82) is 0 Å². The highest BCUT2D eigenvalue weighted by Gasteiger charge is 2.27. The monoisotopic (exact) mass is 335 g/mol. The third kappa shape index (κ3) is 5.51. The van der Waals surface area contributed by atoms with Gasteiger partial charge in [-0.3, -0.25) is 4.79 Å². The van der Waals surface area contributed by atoms with Crippen LogP contribution >= 0.6 is 0 Å². The van der Waals surface area contributed by atoms with Crippen molar-refractivity contribution in [3.63, 3.8) is 0 Å². The maximum absolute atomic E-state index is 12.8. The largest absolute Gasteiger partial charge is 0.352 e. The molecule has 6 heteroatoms. The van der Waals surface area contributed by atoms with E-state index in [4.69, 9.17) is 0 Å². The van der Waals surface area contributed by atoms with Gasteiger partial charge in [0.1, 0.15) is 5.82 Å².